The Morgan fingerprint density at radius 3 is 2.48 bits per heavy atom. The van der Waals surface area contributed by atoms with E-state index in [2.05, 4.69) is 76.8 Å². The van der Waals surface area contributed by atoms with Gasteiger partial charge in [-0.3, -0.25) is 4.99 Å². The molecule has 1 heterocycles. The van der Waals surface area contributed by atoms with Crippen molar-refractivity contribution < 1.29 is 0 Å². The Bertz CT molecular complexity index is 736. The molecule has 2 aromatic carbocycles. The smallest absolute Gasteiger partial charge is 0.191 e. The summed E-state index contributed by atoms with van der Waals surface area (Å²) in [4.78, 5) is 6.99. The lowest BCUT2D eigenvalue weighted by Crippen LogP contribution is -2.48. The number of hydrogen-bond donors (Lipinski definition) is 2. The lowest BCUT2D eigenvalue weighted by molar-refractivity contribution is 0.187. The summed E-state index contributed by atoms with van der Waals surface area (Å²) in [5.74, 6) is 1.65. The summed E-state index contributed by atoms with van der Waals surface area (Å²) in [6, 6.07) is 15.6. The fourth-order valence-electron chi connectivity index (χ4n) is 3.70. The predicted octanol–water partition coefficient (Wildman–Crippen LogP) is 4.24. The van der Waals surface area contributed by atoms with E-state index >= 15 is 0 Å². The van der Waals surface area contributed by atoms with Gasteiger partial charge in [-0.2, -0.15) is 0 Å². The van der Waals surface area contributed by atoms with Crippen LogP contribution in [0.2, 0.25) is 0 Å². The van der Waals surface area contributed by atoms with E-state index in [0.717, 1.165) is 18.4 Å². The number of nitrogens with one attached hydrogen (secondary N) is 2. The molecule has 0 amide bonds. The number of piperidine rings is 1. The molecule has 1 aliphatic rings. The molecule has 0 radical (unpaired) electrons. The van der Waals surface area contributed by atoms with Crippen LogP contribution in [0, 0.1) is 5.92 Å². The van der Waals surface area contributed by atoms with Crippen molar-refractivity contribution in [3.63, 3.8) is 0 Å². The molecule has 3 rings (SSSR count). The summed E-state index contributed by atoms with van der Waals surface area (Å²) in [6.45, 7) is 8.94. The maximum absolute atomic E-state index is 4.41. The lowest BCUT2D eigenvalue weighted by Gasteiger charge is -2.34. The van der Waals surface area contributed by atoms with Gasteiger partial charge in [-0.15, -0.1) is 24.0 Å². The summed E-state index contributed by atoms with van der Waals surface area (Å²) in [7, 11) is 1.85. The molecule has 4 nitrogen and oxygen atoms in total. The van der Waals surface area contributed by atoms with E-state index in [1.54, 1.807) is 0 Å². The first kappa shape index (κ1) is 22.0. The first-order valence-corrected chi connectivity index (χ1v) is 9.81. The van der Waals surface area contributed by atoms with Gasteiger partial charge in [-0.05, 0) is 41.2 Å². The third kappa shape index (κ3) is 6.64. The number of guanidine groups is 1. The first-order valence-electron chi connectivity index (χ1n) is 9.81. The molecule has 148 valence electrons. The van der Waals surface area contributed by atoms with Crippen LogP contribution in [-0.2, 0) is 6.54 Å². The second kappa shape index (κ2) is 10.9. The highest BCUT2D eigenvalue weighted by molar-refractivity contribution is 14.0. The molecule has 0 unspecified atom stereocenters. The minimum absolute atomic E-state index is 0. The van der Waals surface area contributed by atoms with Gasteiger partial charge in [0.15, 0.2) is 5.96 Å². The van der Waals surface area contributed by atoms with E-state index in [1.807, 2.05) is 7.05 Å². The molecule has 2 aromatic rings. The summed E-state index contributed by atoms with van der Waals surface area (Å²) < 4.78 is 0. The van der Waals surface area contributed by atoms with Gasteiger partial charge >= 0.3 is 0 Å². The molecular formula is C22H33IN4. The minimum Gasteiger partial charge on any atom is -0.354 e. The van der Waals surface area contributed by atoms with Gasteiger partial charge in [0, 0.05) is 39.3 Å². The van der Waals surface area contributed by atoms with Crippen LogP contribution < -0.4 is 10.6 Å². The average molecular weight is 480 g/mol. The fraction of sp³-hybridized carbons (Fsp3) is 0.500. The van der Waals surface area contributed by atoms with Crippen molar-refractivity contribution in [2.75, 3.05) is 26.7 Å². The number of nitrogens with zero attached hydrogens (tertiary/aromatic N) is 2. The maximum atomic E-state index is 4.41. The predicted molar refractivity (Wildman–Crippen MR) is 127 cm³/mol. The lowest BCUT2D eigenvalue weighted by atomic mass is 10.0. The Balaban J connectivity index is 0.00000261. The number of fused-ring (bicyclic) bond motifs is 1. The van der Waals surface area contributed by atoms with Crippen LogP contribution in [0.3, 0.4) is 0 Å². The quantitative estimate of drug-likeness (QED) is 0.382. The highest BCUT2D eigenvalue weighted by Crippen LogP contribution is 2.15. The second-order valence-electron chi connectivity index (χ2n) is 7.72. The van der Waals surface area contributed by atoms with E-state index in [9.17, 15) is 0 Å². The molecule has 0 saturated carbocycles. The normalized spacial score (nSPS) is 16.4. The van der Waals surface area contributed by atoms with Crippen LogP contribution in [0.4, 0.5) is 0 Å². The Morgan fingerprint density at radius 1 is 1.11 bits per heavy atom. The molecule has 0 spiro atoms. The van der Waals surface area contributed by atoms with E-state index in [1.165, 1.54) is 48.8 Å². The Morgan fingerprint density at radius 2 is 1.81 bits per heavy atom. The summed E-state index contributed by atoms with van der Waals surface area (Å²) in [5, 5.41) is 9.63. The standard InChI is InChI=1S/C22H32N4.HI/c1-17(2)16-26-12-10-21(11-13-26)25-22(23-3)24-15-18-8-9-19-6-4-5-7-20(19)14-18;/h4-9,14,17,21H,10-13,15-16H2,1-3H3,(H2,23,24,25);1H. The average Bonchev–Trinajstić information content (AvgIpc) is 2.66. The Kier molecular flexibility index (Phi) is 8.83. The molecule has 0 aromatic heterocycles. The minimum atomic E-state index is 0. The van der Waals surface area contributed by atoms with Crippen molar-refractivity contribution in [3.8, 4) is 0 Å². The van der Waals surface area contributed by atoms with Crippen LogP contribution in [-0.4, -0.2) is 43.6 Å². The van der Waals surface area contributed by atoms with E-state index in [-0.39, 0.29) is 24.0 Å². The molecule has 2 N–H and O–H groups in total. The van der Waals surface area contributed by atoms with Crippen LogP contribution in [0.25, 0.3) is 10.8 Å². The van der Waals surface area contributed by atoms with Crippen molar-refractivity contribution in [1.29, 1.82) is 0 Å². The zero-order valence-electron chi connectivity index (χ0n) is 16.7. The summed E-state index contributed by atoms with van der Waals surface area (Å²) >= 11 is 0. The summed E-state index contributed by atoms with van der Waals surface area (Å²) in [6.07, 6.45) is 2.37. The van der Waals surface area contributed by atoms with Gasteiger partial charge in [-0.25, -0.2) is 0 Å². The van der Waals surface area contributed by atoms with Crippen LogP contribution in [0.1, 0.15) is 32.3 Å². The van der Waals surface area contributed by atoms with E-state index in [0.29, 0.717) is 6.04 Å². The molecule has 27 heavy (non-hydrogen) atoms. The first-order chi connectivity index (χ1) is 12.6. The maximum Gasteiger partial charge on any atom is 0.191 e. The largest absolute Gasteiger partial charge is 0.354 e. The highest BCUT2D eigenvalue weighted by atomic mass is 127. The van der Waals surface area contributed by atoms with Gasteiger partial charge in [0.1, 0.15) is 0 Å². The third-order valence-corrected chi connectivity index (χ3v) is 5.05. The Hall–Kier alpha value is -1.34. The van der Waals surface area contributed by atoms with Crippen molar-refractivity contribution in [2.45, 2.75) is 39.3 Å². The van der Waals surface area contributed by atoms with E-state index < -0.39 is 0 Å². The Labute approximate surface area is 180 Å². The van der Waals surface area contributed by atoms with Gasteiger partial charge in [0.05, 0.1) is 0 Å². The van der Waals surface area contributed by atoms with Gasteiger partial charge in [0.2, 0.25) is 0 Å². The van der Waals surface area contributed by atoms with Crippen molar-refractivity contribution in [3.05, 3.63) is 48.0 Å². The number of rotatable bonds is 5. The molecule has 1 fully saturated rings. The number of benzene rings is 2. The second-order valence-corrected chi connectivity index (χ2v) is 7.72. The van der Waals surface area contributed by atoms with Gasteiger partial charge in [-0.1, -0.05) is 50.2 Å². The fourth-order valence-corrected chi connectivity index (χ4v) is 3.70. The number of aliphatic imine (C=N–C) groups is 1. The number of likely N-dealkylation sites (tertiary alicyclic amines) is 1. The zero-order valence-corrected chi connectivity index (χ0v) is 19.1. The summed E-state index contributed by atoms with van der Waals surface area (Å²) in [5.41, 5.74) is 1.28. The molecule has 0 bridgehead atoms. The molecule has 1 saturated heterocycles. The highest BCUT2D eigenvalue weighted by Gasteiger charge is 2.20. The SMILES string of the molecule is CN=C(NCc1ccc2ccccc2c1)NC1CCN(CC(C)C)CC1.I. The molecule has 0 aliphatic carbocycles. The topological polar surface area (TPSA) is 39.7 Å². The van der Waals surface area contributed by atoms with Crippen molar-refractivity contribution in [2.24, 2.45) is 10.9 Å². The molecular weight excluding hydrogens is 447 g/mol. The van der Waals surface area contributed by atoms with Gasteiger partial charge in [0.25, 0.3) is 0 Å². The van der Waals surface area contributed by atoms with Crippen molar-refractivity contribution >= 4 is 40.7 Å². The van der Waals surface area contributed by atoms with Crippen LogP contribution in [0.5, 0.6) is 0 Å². The third-order valence-electron chi connectivity index (χ3n) is 5.05. The molecule has 5 heteroatoms. The number of hydrogen-bond acceptors (Lipinski definition) is 2. The van der Waals surface area contributed by atoms with E-state index in [4.69, 9.17) is 0 Å². The van der Waals surface area contributed by atoms with Gasteiger partial charge < -0.3 is 15.5 Å². The number of halogens is 1. The zero-order chi connectivity index (χ0) is 18.4. The monoisotopic (exact) mass is 480 g/mol. The van der Waals surface area contributed by atoms with Crippen LogP contribution >= 0.6 is 24.0 Å². The molecule has 0 atom stereocenters. The van der Waals surface area contributed by atoms with Crippen molar-refractivity contribution in [1.82, 2.24) is 15.5 Å². The van der Waals surface area contributed by atoms with Crippen LogP contribution in [0.15, 0.2) is 47.5 Å². The molecule has 1 aliphatic heterocycles.